The van der Waals surface area contributed by atoms with Crippen molar-refractivity contribution >= 4 is 12.4 Å². The number of hydrogen-bond donors (Lipinski definition) is 0. The Hall–Kier alpha value is 0.576. The summed E-state index contributed by atoms with van der Waals surface area (Å²) in [7, 11) is 0. The van der Waals surface area contributed by atoms with Crippen LogP contribution in [0, 0.1) is 5.92 Å². The topological polar surface area (TPSA) is 52.6 Å². The molecular weight excluding hydrogens is 211 g/mol. The van der Waals surface area contributed by atoms with E-state index in [-0.39, 0.29) is 70.1 Å². The van der Waals surface area contributed by atoms with Gasteiger partial charge < -0.3 is 14.3 Å². The van der Waals surface area contributed by atoms with Gasteiger partial charge in [-0.1, -0.05) is 26.7 Å². The van der Waals surface area contributed by atoms with Crippen molar-refractivity contribution < 1.29 is 70.4 Å². The van der Waals surface area contributed by atoms with Gasteiger partial charge in [0.25, 0.3) is 0 Å². The molecule has 0 aliphatic carbocycles. The molecule has 0 bridgehead atoms. The van der Waals surface area contributed by atoms with E-state index < -0.39 is 0 Å². The second kappa shape index (κ2) is 11.7. The normalized spacial score (nSPS) is 11.0. The molecule has 0 fully saturated rings. The van der Waals surface area contributed by atoms with Crippen LogP contribution in [0.1, 0.15) is 33.1 Å². The second-order valence-corrected chi connectivity index (χ2v) is 2.70. The van der Waals surface area contributed by atoms with Crippen LogP contribution in [0.3, 0.4) is 0 Å². The Bertz CT molecular complexity index is 161. The summed E-state index contributed by atoms with van der Waals surface area (Å²) in [5.41, 5.74) is 0. The fourth-order valence-corrected chi connectivity index (χ4v) is 1.07. The molecule has 0 rings (SSSR count). The van der Waals surface area contributed by atoms with Crippen molar-refractivity contribution in [1.29, 1.82) is 0 Å². The molecule has 0 aromatic carbocycles. The summed E-state index contributed by atoms with van der Waals surface area (Å²) < 4.78 is 8.79. The smallest absolute Gasteiger partial charge is 0.626 e. The van der Waals surface area contributed by atoms with E-state index in [1.165, 1.54) is 6.47 Å². The maximum Gasteiger partial charge on any atom is 1.00 e. The van der Waals surface area contributed by atoms with Crippen LogP contribution >= 0.6 is 0 Å². The van der Waals surface area contributed by atoms with Crippen molar-refractivity contribution in [1.82, 2.24) is 0 Å². The molecule has 1 unspecified atom stereocenters. The molecule has 4 nitrogen and oxygen atoms in total. The molecule has 76 valence electrons. The summed E-state index contributed by atoms with van der Waals surface area (Å²) in [6, 6.07) is 0. The first kappa shape index (κ1) is 17.0. The minimum Gasteiger partial charge on any atom is -0.626 e. The average Bonchev–Trinajstić information content (AvgIpc) is 2.14. The summed E-state index contributed by atoms with van der Waals surface area (Å²) in [5.74, 6) is -0.389. The summed E-state index contributed by atoms with van der Waals surface area (Å²) in [6.07, 6.45) is 2.49. The van der Waals surface area contributed by atoms with E-state index in [2.05, 4.69) is 9.47 Å². The predicted octanol–water partition coefficient (Wildman–Crippen LogP) is -1.60. The number of hydrogen-bond acceptors (Lipinski definition) is 4. The minimum atomic E-state index is -0.331. The maximum atomic E-state index is 11.2. The Kier molecular flexibility index (Phi) is 14.1. The Labute approximate surface area is 127 Å². The van der Waals surface area contributed by atoms with Gasteiger partial charge in [0.15, 0.2) is 0 Å². The summed E-state index contributed by atoms with van der Waals surface area (Å²) in [6.45, 7) is 4.78. The molecule has 0 radical (unpaired) electrons. The molecule has 0 N–H and O–H groups in total. The molecule has 0 aromatic rings. The largest absolute Gasteiger partial charge is 1.00 e. The zero-order valence-corrected chi connectivity index (χ0v) is 12.2. The van der Waals surface area contributed by atoms with Gasteiger partial charge >= 0.3 is 57.4 Å². The van der Waals surface area contributed by atoms with Gasteiger partial charge in [0.2, 0.25) is 6.79 Å². The number of esters is 1. The molecule has 0 saturated heterocycles. The first-order chi connectivity index (χ1) is 6.26. The Morgan fingerprint density at radius 1 is 1.43 bits per heavy atom. The molecule has 0 spiro atoms. The number of rotatable bonds is 7. The van der Waals surface area contributed by atoms with E-state index in [1.54, 1.807) is 0 Å². The number of carbonyl (C=O) groups excluding carboxylic acids is 2. The average molecular weight is 226 g/mol. The minimum absolute atomic E-state index is 0. The summed E-state index contributed by atoms with van der Waals surface area (Å²) in [4.78, 5) is 20.8. The van der Waals surface area contributed by atoms with E-state index in [9.17, 15) is 9.59 Å². The monoisotopic (exact) mass is 226 g/mol. The molecule has 0 heterocycles. The fraction of sp³-hybridized carbons (Fsp3) is 0.778. The van der Waals surface area contributed by atoms with E-state index in [1.807, 2.05) is 13.8 Å². The second-order valence-electron chi connectivity index (χ2n) is 2.70. The van der Waals surface area contributed by atoms with Gasteiger partial charge in [-0.3, -0.25) is 4.79 Å². The van der Waals surface area contributed by atoms with Gasteiger partial charge in [-0.2, -0.15) is 0 Å². The molecular formula is C9H15KO4. The van der Waals surface area contributed by atoms with Crippen LogP contribution < -0.4 is 51.4 Å². The van der Waals surface area contributed by atoms with Crippen molar-refractivity contribution in [3.05, 3.63) is 0 Å². The molecule has 0 aliphatic rings. The molecule has 0 aromatic heterocycles. The van der Waals surface area contributed by atoms with Crippen LogP contribution in [0.2, 0.25) is 0 Å². The van der Waals surface area contributed by atoms with E-state index in [0.29, 0.717) is 0 Å². The first-order valence-corrected chi connectivity index (χ1v) is 4.41. The van der Waals surface area contributed by atoms with Crippen molar-refractivity contribution in [2.45, 2.75) is 33.1 Å². The standard InChI is InChI=1S/C9H15O4.K/c1-3-5-8(4-2)9(11)13-7-12-6-10;/h8H,3-5,7H2,1-2H3;/q-1;+1. The first-order valence-electron chi connectivity index (χ1n) is 4.41. The quantitative estimate of drug-likeness (QED) is 0.172. The predicted molar refractivity (Wildman–Crippen MR) is 46.4 cm³/mol. The molecule has 0 saturated carbocycles. The van der Waals surface area contributed by atoms with Crippen molar-refractivity contribution in [3.63, 3.8) is 0 Å². The van der Waals surface area contributed by atoms with E-state index >= 15 is 0 Å². The SMILES string of the molecule is CCCC(CC)C(=O)OCO[C-]=O.[K+]. The van der Waals surface area contributed by atoms with Crippen molar-refractivity contribution in [3.8, 4) is 0 Å². The van der Waals surface area contributed by atoms with Crippen LogP contribution in [0.5, 0.6) is 0 Å². The van der Waals surface area contributed by atoms with Gasteiger partial charge in [-0.25, -0.2) is 0 Å². The molecule has 5 heteroatoms. The Morgan fingerprint density at radius 2 is 2.07 bits per heavy atom. The van der Waals surface area contributed by atoms with Crippen LogP contribution in [0.4, 0.5) is 0 Å². The molecule has 0 amide bonds. The van der Waals surface area contributed by atoms with E-state index in [0.717, 1.165) is 19.3 Å². The number of carbonyl (C=O) groups is 1. The van der Waals surface area contributed by atoms with Gasteiger partial charge in [0.1, 0.15) is 0 Å². The number of ether oxygens (including phenoxy) is 2. The molecule has 1 atom stereocenters. The van der Waals surface area contributed by atoms with Gasteiger partial charge in [-0.15, -0.1) is 0 Å². The van der Waals surface area contributed by atoms with Crippen LogP contribution in [-0.4, -0.2) is 19.2 Å². The Morgan fingerprint density at radius 3 is 2.50 bits per heavy atom. The third-order valence-electron chi connectivity index (χ3n) is 1.78. The molecule has 0 aliphatic heterocycles. The van der Waals surface area contributed by atoms with Crippen molar-refractivity contribution in [2.24, 2.45) is 5.92 Å². The zero-order chi connectivity index (χ0) is 10.1. The van der Waals surface area contributed by atoms with E-state index in [4.69, 9.17) is 0 Å². The summed E-state index contributed by atoms with van der Waals surface area (Å²) in [5, 5.41) is 0. The van der Waals surface area contributed by atoms with Gasteiger partial charge in [0.05, 0.1) is 5.92 Å². The third kappa shape index (κ3) is 7.93. The fourth-order valence-electron chi connectivity index (χ4n) is 1.07. The van der Waals surface area contributed by atoms with Crippen LogP contribution in [0.25, 0.3) is 0 Å². The van der Waals surface area contributed by atoms with Crippen molar-refractivity contribution in [2.75, 3.05) is 6.79 Å². The van der Waals surface area contributed by atoms with Gasteiger partial charge in [-0.05, 0) is 12.8 Å². The third-order valence-corrected chi connectivity index (χ3v) is 1.78. The van der Waals surface area contributed by atoms with Crippen LogP contribution in [-0.2, 0) is 19.1 Å². The zero-order valence-electron chi connectivity index (χ0n) is 9.04. The summed E-state index contributed by atoms with van der Waals surface area (Å²) >= 11 is 0. The van der Waals surface area contributed by atoms with Crippen LogP contribution in [0.15, 0.2) is 0 Å². The maximum absolute atomic E-state index is 11.2. The molecule has 14 heavy (non-hydrogen) atoms. The Balaban J connectivity index is 0. The van der Waals surface area contributed by atoms with Gasteiger partial charge in [0, 0.05) is 0 Å².